The van der Waals surface area contributed by atoms with E-state index in [4.69, 9.17) is 9.15 Å². The van der Waals surface area contributed by atoms with Crippen molar-refractivity contribution >= 4 is 23.1 Å². The lowest BCUT2D eigenvalue weighted by atomic mass is 9.99. The maximum absolute atomic E-state index is 13.1. The maximum atomic E-state index is 13.1. The summed E-state index contributed by atoms with van der Waals surface area (Å²) in [5.74, 6) is -0.689. The number of carbonyl (C=O) groups excluding carboxylic acids is 2. The van der Waals surface area contributed by atoms with Crippen molar-refractivity contribution in [2.75, 3.05) is 7.11 Å². The lowest BCUT2D eigenvalue weighted by Gasteiger charge is -2.24. The third kappa shape index (κ3) is 3.96. The molecule has 1 amide bonds. The van der Waals surface area contributed by atoms with Crippen LogP contribution in [0.15, 0.2) is 70.7 Å². The summed E-state index contributed by atoms with van der Waals surface area (Å²) in [5.41, 5.74) is 0.522. The molecule has 0 saturated carbocycles. The van der Waals surface area contributed by atoms with Crippen LogP contribution in [0.3, 0.4) is 0 Å². The Morgan fingerprint density at radius 3 is 2.42 bits per heavy atom. The summed E-state index contributed by atoms with van der Waals surface area (Å²) in [7, 11) is 1.51. The first-order valence-electron chi connectivity index (χ1n) is 10.0. The van der Waals surface area contributed by atoms with E-state index in [0.717, 1.165) is 0 Å². The van der Waals surface area contributed by atoms with Crippen LogP contribution in [0.1, 0.15) is 28.7 Å². The van der Waals surface area contributed by atoms with Crippen molar-refractivity contribution in [3.63, 3.8) is 0 Å². The number of amides is 1. The highest BCUT2D eigenvalue weighted by molar-refractivity contribution is 6.46. The van der Waals surface area contributed by atoms with Crippen molar-refractivity contribution in [2.24, 2.45) is 0 Å². The van der Waals surface area contributed by atoms with Crippen LogP contribution >= 0.6 is 0 Å². The van der Waals surface area contributed by atoms with Crippen molar-refractivity contribution in [3.05, 3.63) is 99.0 Å². The molecule has 9 nitrogen and oxygen atoms in total. The number of hydrogen-bond donors (Lipinski definition) is 1. The minimum absolute atomic E-state index is 0.0377. The number of likely N-dealkylation sites (tertiary alicyclic amines) is 1. The number of aliphatic hydroxyl groups is 1. The van der Waals surface area contributed by atoms with Crippen LogP contribution in [-0.4, -0.2) is 33.7 Å². The molecule has 33 heavy (non-hydrogen) atoms. The molecular formula is C24H20N2O7. The number of aryl methyl sites for hydroxylation is 1. The molecule has 1 atom stereocenters. The number of carbonyl (C=O) groups is 2. The number of aliphatic hydroxyl groups excluding tert-OH is 1. The number of Topliss-reactive ketones (excluding diaryl/α,β-unsaturated/α-hetero) is 1. The van der Waals surface area contributed by atoms with Gasteiger partial charge in [-0.25, -0.2) is 0 Å². The fourth-order valence-electron chi connectivity index (χ4n) is 3.85. The van der Waals surface area contributed by atoms with Crippen molar-refractivity contribution in [3.8, 4) is 5.75 Å². The van der Waals surface area contributed by atoms with Gasteiger partial charge in [-0.2, -0.15) is 0 Å². The molecule has 168 valence electrons. The SMILES string of the molecule is COc1ccccc1CN1C(=O)C(=O)/C(=C(/O)c2ccc([N+](=O)[O-])cc2)C1c1ccc(C)o1. The number of rotatable bonds is 6. The number of non-ortho nitro benzene ring substituents is 1. The molecule has 2 aromatic carbocycles. The average Bonchev–Trinajstić information content (AvgIpc) is 3.35. The quantitative estimate of drug-likeness (QED) is 0.198. The Bertz CT molecular complexity index is 1270. The van der Waals surface area contributed by atoms with E-state index in [9.17, 15) is 24.8 Å². The fraction of sp³-hybridized carbons (Fsp3) is 0.167. The van der Waals surface area contributed by atoms with Gasteiger partial charge in [-0.3, -0.25) is 19.7 Å². The molecule has 1 aliphatic rings. The Hall–Kier alpha value is -4.40. The van der Waals surface area contributed by atoms with Crippen LogP contribution in [-0.2, 0) is 16.1 Å². The number of nitro benzene ring substituents is 1. The number of benzene rings is 2. The van der Waals surface area contributed by atoms with Crippen molar-refractivity contribution in [1.82, 2.24) is 4.90 Å². The Kier molecular flexibility index (Phi) is 5.70. The summed E-state index contributed by atoms with van der Waals surface area (Å²) in [5, 5.41) is 21.9. The van der Waals surface area contributed by atoms with Crippen LogP contribution in [0, 0.1) is 17.0 Å². The highest BCUT2D eigenvalue weighted by Crippen LogP contribution is 2.41. The van der Waals surface area contributed by atoms with Gasteiger partial charge in [0.1, 0.15) is 29.1 Å². The molecule has 0 radical (unpaired) electrons. The molecular weight excluding hydrogens is 428 g/mol. The van der Waals surface area contributed by atoms with Gasteiger partial charge in [0, 0.05) is 23.3 Å². The molecule has 1 aliphatic heterocycles. The minimum Gasteiger partial charge on any atom is -0.507 e. The Morgan fingerprint density at radius 1 is 1.12 bits per heavy atom. The van der Waals surface area contributed by atoms with Crippen LogP contribution < -0.4 is 4.74 Å². The standard InChI is InChI=1S/C24H20N2O7/c1-14-7-12-19(33-14)21-20(22(27)15-8-10-17(11-9-15)26(30)31)23(28)24(29)25(21)13-16-5-3-4-6-18(16)32-2/h3-12,21,27H,13H2,1-2H3/b22-20+. The van der Waals surface area contributed by atoms with Gasteiger partial charge < -0.3 is 19.2 Å². The molecule has 1 saturated heterocycles. The first-order chi connectivity index (χ1) is 15.8. The van der Waals surface area contributed by atoms with E-state index < -0.39 is 28.4 Å². The monoisotopic (exact) mass is 448 g/mol. The largest absolute Gasteiger partial charge is 0.507 e. The number of ether oxygens (including phenoxy) is 1. The molecule has 1 aromatic heterocycles. The number of hydrogen-bond acceptors (Lipinski definition) is 7. The number of methoxy groups -OCH3 is 1. The zero-order valence-electron chi connectivity index (χ0n) is 17.8. The van der Waals surface area contributed by atoms with E-state index in [1.54, 1.807) is 43.3 Å². The summed E-state index contributed by atoms with van der Waals surface area (Å²) in [6.07, 6.45) is 0. The van der Waals surface area contributed by atoms with Gasteiger partial charge in [-0.1, -0.05) is 18.2 Å². The smallest absolute Gasteiger partial charge is 0.296 e. The molecule has 3 aromatic rings. The van der Waals surface area contributed by atoms with Crippen molar-refractivity contribution in [1.29, 1.82) is 0 Å². The second-order valence-corrected chi connectivity index (χ2v) is 7.49. The predicted octanol–water partition coefficient (Wildman–Crippen LogP) is 4.13. The summed E-state index contributed by atoms with van der Waals surface area (Å²) in [6.45, 7) is 1.77. The predicted molar refractivity (Wildman–Crippen MR) is 117 cm³/mol. The molecule has 4 rings (SSSR count). The van der Waals surface area contributed by atoms with E-state index in [2.05, 4.69) is 0 Å². The van der Waals surface area contributed by atoms with E-state index >= 15 is 0 Å². The summed E-state index contributed by atoms with van der Waals surface area (Å²) < 4.78 is 11.1. The maximum Gasteiger partial charge on any atom is 0.296 e. The van der Waals surface area contributed by atoms with Gasteiger partial charge in [-0.15, -0.1) is 0 Å². The minimum atomic E-state index is -0.987. The fourth-order valence-corrected chi connectivity index (χ4v) is 3.85. The van der Waals surface area contributed by atoms with Crippen molar-refractivity contribution in [2.45, 2.75) is 19.5 Å². The molecule has 0 spiro atoms. The Labute approximate surface area is 188 Å². The lowest BCUT2D eigenvalue weighted by Crippen LogP contribution is -2.29. The number of nitrogens with zero attached hydrogens (tertiary/aromatic N) is 2. The zero-order valence-corrected chi connectivity index (χ0v) is 17.8. The molecule has 1 N–H and O–H groups in total. The van der Waals surface area contributed by atoms with Gasteiger partial charge in [0.2, 0.25) is 0 Å². The number of ketones is 1. The zero-order chi connectivity index (χ0) is 23.7. The second kappa shape index (κ2) is 8.62. The summed E-state index contributed by atoms with van der Waals surface area (Å²) >= 11 is 0. The first-order valence-corrected chi connectivity index (χ1v) is 10.0. The molecule has 0 aliphatic carbocycles. The lowest BCUT2D eigenvalue weighted by molar-refractivity contribution is -0.384. The normalized spacial score (nSPS) is 17.4. The molecule has 0 bridgehead atoms. The Balaban J connectivity index is 1.83. The average molecular weight is 448 g/mol. The molecule has 1 fully saturated rings. The molecule has 9 heteroatoms. The topological polar surface area (TPSA) is 123 Å². The van der Waals surface area contributed by atoms with Crippen LogP contribution in [0.5, 0.6) is 5.75 Å². The van der Waals surface area contributed by atoms with Gasteiger partial charge in [-0.05, 0) is 37.3 Å². The highest BCUT2D eigenvalue weighted by Gasteiger charge is 2.47. The second-order valence-electron chi connectivity index (χ2n) is 7.49. The van der Waals surface area contributed by atoms with E-state index in [1.165, 1.54) is 36.3 Å². The van der Waals surface area contributed by atoms with E-state index in [1.807, 2.05) is 0 Å². The van der Waals surface area contributed by atoms with Crippen LogP contribution in [0.4, 0.5) is 5.69 Å². The third-order valence-electron chi connectivity index (χ3n) is 5.46. The molecule has 2 heterocycles. The highest BCUT2D eigenvalue weighted by atomic mass is 16.6. The van der Waals surface area contributed by atoms with E-state index in [-0.39, 0.29) is 23.4 Å². The Morgan fingerprint density at radius 2 is 1.82 bits per heavy atom. The first kappa shape index (κ1) is 21.8. The summed E-state index contributed by atoms with van der Waals surface area (Å²) in [6, 6.07) is 14.5. The van der Waals surface area contributed by atoms with Gasteiger partial charge >= 0.3 is 0 Å². The number of para-hydroxylation sites is 1. The van der Waals surface area contributed by atoms with Crippen LogP contribution in [0.25, 0.3) is 5.76 Å². The third-order valence-corrected chi connectivity index (χ3v) is 5.46. The number of furan rings is 1. The van der Waals surface area contributed by atoms with Crippen molar-refractivity contribution < 1.29 is 28.8 Å². The molecule has 1 unspecified atom stereocenters. The van der Waals surface area contributed by atoms with Gasteiger partial charge in [0.05, 0.1) is 24.2 Å². The number of nitro groups is 1. The van der Waals surface area contributed by atoms with Crippen LogP contribution in [0.2, 0.25) is 0 Å². The van der Waals surface area contributed by atoms with E-state index in [0.29, 0.717) is 22.8 Å². The van der Waals surface area contributed by atoms with Gasteiger partial charge in [0.15, 0.2) is 0 Å². The van der Waals surface area contributed by atoms with Gasteiger partial charge in [0.25, 0.3) is 17.4 Å². The summed E-state index contributed by atoms with van der Waals surface area (Å²) in [4.78, 5) is 37.8.